The fraction of sp³-hybridized carbons (Fsp3) is 0.222. The molecule has 44 heavy (non-hydrogen) atoms. The van der Waals surface area contributed by atoms with Crippen LogP contribution in [0.3, 0.4) is 0 Å². The molecule has 1 heterocycles. The molecule has 0 spiro atoms. The third kappa shape index (κ3) is 6.96. The van der Waals surface area contributed by atoms with Crippen LogP contribution in [0.4, 0.5) is 0 Å². The SMILES string of the molecule is Cc1cc(Cl)ccc1SCC/C(=N\OC(=O)C(C)(C)C)C(=O)c1ccc2sc3ccc(C(=O)c4ccccc4C)cc3c2c1. The Morgan fingerprint density at radius 1 is 0.841 bits per heavy atom. The molecule has 0 amide bonds. The number of rotatable bonds is 9. The second kappa shape index (κ2) is 13.1. The van der Waals surface area contributed by atoms with E-state index in [1.165, 1.54) is 0 Å². The summed E-state index contributed by atoms with van der Waals surface area (Å²) >= 11 is 9.30. The van der Waals surface area contributed by atoms with Crippen molar-refractivity contribution in [1.29, 1.82) is 0 Å². The molecule has 5 nitrogen and oxygen atoms in total. The summed E-state index contributed by atoms with van der Waals surface area (Å²) < 4.78 is 2.03. The van der Waals surface area contributed by atoms with Crippen molar-refractivity contribution in [3.8, 4) is 0 Å². The Kier molecular flexibility index (Phi) is 9.39. The molecule has 0 radical (unpaired) electrons. The van der Waals surface area contributed by atoms with E-state index in [1.54, 1.807) is 49.9 Å². The van der Waals surface area contributed by atoms with Crippen molar-refractivity contribution in [2.75, 3.05) is 5.75 Å². The van der Waals surface area contributed by atoms with Crippen LogP contribution in [0.25, 0.3) is 20.2 Å². The average molecular weight is 642 g/mol. The fourth-order valence-corrected chi connectivity index (χ4v) is 6.94. The van der Waals surface area contributed by atoms with Crippen molar-refractivity contribution in [3.05, 3.63) is 112 Å². The van der Waals surface area contributed by atoms with E-state index in [-0.39, 0.29) is 17.3 Å². The lowest BCUT2D eigenvalue weighted by Gasteiger charge is -2.14. The molecule has 0 saturated heterocycles. The van der Waals surface area contributed by atoms with Crippen LogP contribution in [-0.2, 0) is 9.63 Å². The number of aryl methyl sites for hydroxylation is 2. The van der Waals surface area contributed by atoms with Crippen molar-refractivity contribution in [2.24, 2.45) is 10.6 Å². The molecular weight excluding hydrogens is 610 g/mol. The summed E-state index contributed by atoms with van der Waals surface area (Å²) in [6, 6.07) is 24.5. The van der Waals surface area contributed by atoms with Crippen LogP contribution >= 0.6 is 34.7 Å². The lowest BCUT2D eigenvalue weighted by Crippen LogP contribution is -2.23. The fourth-order valence-electron chi connectivity index (χ4n) is 4.68. The first-order valence-electron chi connectivity index (χ1n) is 14.2. The highest BCUT2D eigenvalue weighted by Gasteiger charge is 2.25. The number of hydrogen-bond acceptors (Lipinski definition) is 7. The molecule has 0 N–H and O–H groups in total. The third-order valence-electron chi connectivity index (χ3n) is 7.23. The number of benzene rings is 4. The predicted molar refractivity (Wildman–Crippen MR) is 183 cm³/mol. The zero-order valence-corrected chi connectivity index (χ0v) is 27.6. The molecule has 0 aliphatic carbocycles. The van der Waals surface area contributed by atoms with Gasteiger partial charge in [0.2, 0.25) is 5.78 Å². The molecule has 0 aliphatic heterocycles. The standard InChI is InChI=1S/C36H32ClNO4S2/c1-21-8-6-7-9-26(21)33(39)23-10-13-31-27(19-23)28-20-24(11-14-32(28)44-31)34(40)29(38-42-35(41)36(3,4)5)16-17-43-30-15-12-25(37)18-22(30)2/h6-15,18-20H,16-17H2,1-5H3/b38-29+. The Hall–Kier alpha value is -3.78. The molecule has 0 aliphatic rings. The van der Waals surface area contributed by atoms with Gasteiger partial charge in [0, 0.05) is 59.0 Å². The summed E-state index contributed by atoms with van der Waals surface area (Å²) in [6.45, 7) is 9.12. The number of carbonyl (C=O) groups excluding carboxylic acids is 3. The quantitative estimate of drug-likeness (QED) is 0.0526. The number of ketones is 2. The maximum atomic E-state index is 13.9. The smallest absolute Gasteiger partial charge is 0.317 e. The molecule has 0 bridgehead atoms. The van der Waals surface area contributed by atoms with Gasteiger partial charge in [-0.25, -0.2) is 4.79 Å². The van der Waals surface area contributed by atoms with Crippen LogP contribution in [0.1, 0.15) is 64.6 Å². The minimum absolute atomic E-state index is 0.0416. The lowest BCUT2D eigenvalue weighted by molar-refractivity contribution is -0.152. The molecule has 0 atom stereocenters. The number of carbonyl (C=O) groups is 3. The summed E-state index contributed by atoms with van der Waals surface area (Å²) in [5.74, 6) is -0.323. The number of oxime groups is 1. The molecule has 8 heteroatoms. The number of thiophene rings is 1. The van der Waals surface area contributed by atoms with E-state index in [1.807, 2.05) is 86.6 Å². The highest BCUT2D eigenvalue weighted by atomic mass is 35.5. The van der Waals surface area contributed by atoms with Gasteiger partial charge in [-0.05, 0) is 100 Å². The molecule has 0 saturated carbocycles. The van der Waals surface area contributed by atoms with E-state index in [9.17, 15) is 14.4 Å². The summed E-state index contributed by atoms with van der Waals surface area (Å²) in [5, 5.41) is 6.54. The molecule has 1 aromatic heterocycles. The zero-order chi connectivity index (χ0) is 31.6. The highest BCUT2D eigenvalue weighted by Crippen LogP contribution is 2.36. The number of halogens is 1. The van der Waals surface area contributed by atoms with Crippen LogP contribution in [0.15, 0.2) is 88.9 Å². The molecule has 0 fully saturated rings. The maximum absolute atomic E-state index is 13.9. The monoisotopic (exact) mass is 641 g/mol. The van der Waals surface area contributed by atoms with Crippen LogP contribution < -0.4 is 0 Å². The summed E-state index contributed by atoms with van der Waals surface area (Å²) in [6.07, 6.45) is 0.292. The van der Waals surface area contributed by atoms with Crippen LogP contribution in [0.2, 0.25) is 5.02 Å². The van der Waals surface area contributed by atoms with E-state index in [4.69, 9.17) is 16.4 Å². The average Bonchev–Trinajstić information content (AvgIpc) is 3.36. The molecule has 4 aromatic carbocycles. The normalized spacial score (nSPS) is 12.1. The molecule has 224 valence electrons. The van der Waals surface area contributed by atoms with E-state index in [0.29, 0.717) is 33.9 Å². The minimum Gasteiger partial charge on any atom is -0.317 e. The van der Waals surface area contributed by atoms with Gasteiger partial charge >= 0.3 is 5.97 Å². The number of nitrogens with zero attached hydrogens (tertiary/aromatic N) is 1. The van der Waals surface area contributed by atoms with Gasteiger partial charge in [0.15, 0.2) is 5.78 Å². The third-order valence-corrected chi connectivity index (χ3v) is 9.79. The van der Waals surface area contributed by atoms with Gasteiger partial charge in [0.25, 0.3) is 0 Å². The van der Waals surface area contributed by atoms with Crippen LogP contribution in [0.5, 0.6) is 0 Å². The van der Waals surface area contributed by atoms with Gasteiger partial charge < -0.3 is 4.84 Å². The molecule has 5 aromatic rings. The summed E-state index contributed by atoms with van der Waals surface area (Å²) in [4.78, 5) is 46.0. The number of fused-ring (bicyclic) bond motifs is 3. The topological polar surface area (TPSA) is 72.8 Å². The Morgan fingerprint density at radius 3 is 2.16 bits per heavy atom. The van der Waals surface area contributed by atoms with Gasteiger partial charge in [-0.15, -0.1) is 23.1 Å². The molecule has 0 unspecified atom stereocenters. The first-order valence-corrected chi connectivity index (χ1v) is 16.4. The number of Topliss-reactive ketones (excluding diaryl/α,β-unsaturated/α-hetero) is 1. The zero-order valence-electron chi connectivity index (χ0n) is 25.2. The van der Waals surface area contributed by atoms with E-state index < -0.39 is 11.4 Å². The van der Waals surface area contributed by atoms with Crippen molar-refractivity contribution in [1.82, 2.24) is 0 Å². The van der Waals surface area contributed by atoms with Crippen molar-refractivity contribution < 1.29 is 19.2 Å². The molecular formula is C36H32ClNO4S2. The summed E-state index contributed by atoms with van der Waals surface area (Å²) in [5.41, 5.74) is 3.05. The van der Waals surface area contributed by atoms with Crippen molar-refractivity contribution >= 4 is 78.1 Å². The van der Waals surface area contributed by atoms with Gasteiger partial charge in [-0.3, -0.25) is 9.59 Å². The lowest BCUT2D eigenvalue weighted by atomic mass is 9.97. The van der Waals surface area contributed by atoms with E-state index in [2.05, 4.69) is 5.16 Å². The van der Waals surface area contributed by atoms with Crippen molar-refractivity contribution in [3.63, 3.8) is 0 Å². The first-order chi connectivity index (χ1) is 20.9. The van der Waals surface area contributed by atoms with Crippen LogP contribution in [-0.4, -0.2) is 29.0 Å². The highest BCUT2D eigenvalue weighted by molar-refractivity contribution is 7.99. The molecule has 5 rings (SSSR count). The second-order valence-corrected chi connectivity index (χ2v) is 14.3. The Morgan fingerprint density at radius 2 is 1.50 bits per heavy atom. The maximum Gasteiger partial charge on any atom is 0.340 e. The van der Waals surface area contributed by atoms with E-state index >= 15 is 0 Å². The second-order valence-electron chi connectivity index (χ2n) is 11.7. The first kappa shape index (κ1) is 31.6. The van der Waals surface area contributed by atoms with Gasteiger partial charge in [0.1, 0.15) is 5.71 Å². The van der Waals surface area contributed by atoms with Crippen molar-refractivity contribution in [2.45, 2.75) is 45.9 Å². The number of hydrogen-bond donors (Lipinski definition) is 0. The number of thioether (sulfide) groups is 1. The largest absolute Gasteiger partial charge is 0.340 e. The Bertz CT molecular complexity index is 1950. The van der Waals surface area contributed by atoms with Gasteiger partial charge in [-0.1, -0.05) is 41.0 Å². The van der Waals surface area contributed by atoms with Gasteiger partial charge in [0.05, 0.1) is 5.41 Å². The Labute approximate surface area is 270 Å². The Balaban J connectivity index is 1.46. The van der Waals surface area contributed by atoms with Crippen LogP contribution in [0, 0.1) is 19.3 Å². The predicted octanol–water partition coefficient (Wildman–Crippen LogP) is 9.87. The minimum atomic E-state index is -0.769. The van der Waals surface area contributed by atoms with E-state index in [0.717, 1.165) is 36.2 Å². The summed E-state index contributed by atoms with van der Waals surface area (Å²) in [7, 11) is 0. The van der Waals surface area contributed by atoms with Gasteiger partial charge in [-0.2, -0.15) is 0 Å².